The van der Waals surface area contributed by atoms with Crippen molar-refractivity contribution >= 4 is 11.6 Å². The van der Waals surface area contributed by atoms with Gasteiger partial charge < -0.3 is 5.73 Å². The van der Waals surface area contributed by atoms with Crippen molar-refractivity contribution < 1.29 is 4.39 Å². The van der Waals surface area contributed by atoms with Crippen molar-refractivity contribution in [2.45, 2.75) is 27.2 Å². The maximum Gasteiger partial charge on any atom is 0.126 e. The minimum atomic E-state index is -0.202. The van der Waals surface area contributed by atoms with Crippen molar-refractivity contribution in [1.82, 2.24) is 0 Å². The zero-order chi connectivity index (χ0) is 12.3. The van der Waals surface area contributed by atoms with Gasteiger partial charge in [0.2, 0.25) is 0 Å². The molecule has 1 rings (SSSR count). The molecule has 0 heterocycles. The van der Waals surface area contributed by atoms with Gasteiger partial charge in [-0.05, 0) is 48.1 Å². The van der Waals surface area contributed by atoms with Gasteiger partial charge in [-0.3, -0.25) is 0 Å². The molecule has 0 aliphatic heterocycles. The molecule has 1 unspecified atom stereocenters. The molecule has 0 aliphatic carbocycles. The van der Waals surface area contributed by atoms with Crippen LogP contribution in [0.5, 0.6) is 0 Å². The molecule has 2 N–H and O–H groups in total. The smallest absolute Gasteiger partial charge is 0.126 e. The normalized spacial score (nSPS) is 13.9. The first-order chi connectivity index (χ1) is 7.34. The summed E-state index contributed by atoms with van der Waals surface area (Å²) in [5.41, 5.74) is 6.46. The summed E-state index contributed by atoms with van der Waals surface area (Å²) in [6, 6.07) is 4.66. The highest BCUT2D eigenvalue weighted by Crippen LogP contribution is 2.29. The lowest BCUT2D eigenvalue weighted by atomic mass is 9.77. The third-order valence-electron chi connectivity index (χ3n) is 2.98. The number of rotatable bonds is 3. The van der Waals surface area contributed by atoms with Gasteiger partial charge in [-0.2, -0.15) is 0 Å². The molecule has 0 spiro atoms. The monoisotopic (exact) mass is 243 g/mol. The maximum atomic E-state index is 13.6. The zero-order valence-electron chi connectivity index (χ0n) is 10.1. The molecule has 0 fully saturated rings. The Kier molecular flexibility index (Phi) is 4.34. The number of hydrogen-bond acceptors (Lipinski definition) is 1. The van der Waals surface area contributed by atoms with Crippen molar-refractivity contribution in [2.24, 2.45) is 17.1 Å². The fraction of sp³-hybridized carbons (Fsp3) is 0.538. The fourth-order valence-corrected chi connectivity index (χ4v) is 1.90. The second-order valence-electron chi connectivity index (χ2n) is 5.24. The molecule has 3 heteroatoms. The van der Waals surface area contributed by atoms with E-state index in [9.17, 15) is 4.39 Å². The average Bonchev–Trinajstić information content (AvgIpc) is 2.17. The molecule has 0 saturated carbocycles. The van der Waals surface area contributed by atoms with Gasteiger partial charge in [0.1, 0.15) is 5.82 Å². The Morgan fingerprint density at radius 3 is 2.50 bits per heavy atom. The second-order valence-corrected chi connectivity index (χ2v) is 5.67. The van der Waals surface area contributed by atoms with Crippen molar-refractivity contribution in [3.63, 3.8) is 0 Å². The summed E-state index contributed by atoms with van der Waals surface area (Å²) >= 11 is 5.86. The van der Waals surface area contributed by atoms with E-state index in [1.54, 1.807) is 12.1 Å². The van der Waals surface area contributed by atoms with E-state index in [1.165, 1.54) is 6.07 Å². The van der Waals surface area contributed by atoms with E-state index in [2.05, 4.69) is 20.8 Å². The van der Waals surface area contributed by atoms with Gasteiger partial charge in [-0.15, -0.1) is 0 Å². The first kappa shape index (κ1) is 13.5. The first-order valence-electron chi connectivity index (χ1n) is 5.48. The number of hydrogen-bond donors (Lipinski definition) is 1. The predicted octanol–water partition coefficient (Wildman–Crippen LogP) is 3.64. The molecule has 0 radical (unpaired) electrons. The van der Waals surface area contributed by atoms with Crippen LogP contribution in [0, 0.1) is 17.2 Å². The number of nitrogens with two attached hydrogens (primary N) is 1. The van der Waals surface area contributed by atoms with Crippen LogP contribution in [0.4, 0.5) is 4.39 Å². The number of halogens is 2. The molecular weight excluding hydrogens is 225 g/mol. The lowest BCUT2D eigenvalue weighted by Crippen LogP contribution is -2.30. The molecule has 1 aromatic rings. The van der Waals surface area contributed by atoms with Crippen molar-refractivity contribution in [3.05, 3.63) is 34.6 Å². The summed E-state index contributed by atoms with van der Waals surface area (Å²) in [4.78, 5) is 0. The van der Waals surface area contributed by atoms with E-state index < -0.39 is 0 Å². The van der Waals surface area contributed by atoms with Crippen LogP contribution >= 0.6 is 11.6 Å². The molecule has 0 aromatic heterocycles. The van der Waals surface area contributed by atoms with Gasteiger partial charge >= 0.3 is 0 Å². The minimum Gasteiger partial charge on any atom is -0.330 e. The zero-order valence-corrected chi connectivity index (χ0v) is 10.8. The molecule has 0 amide bonds. The van der Waals surface area contributed by atoms with Gasteiger partial charge in [0.15, 0.2) is 0 Å². The van der Waals surface area contributed by atoms with E-state index >= 15 is 0 Å². The lowest BCUT2D eigenvalue weighted by Gasteiger charge is -2.29. The van der Waals surface area contributed by atoms with E-state index in [0.717, 1.165) is 0 Å². The largest absolute Gasteiger partial charge is 0.330 e. The van der Waals surface area contributed by atoms with Crippen molar-refractivity contribution in [2.75, 3.05) is 6.54 Å². The highest BCUT2D eigenvalue weighted by molar-refractivity contribution is 6.30. The van der Waals surface area contributed by atoms with Crippen LogP contribution in [0.2, 0.25) is 5.02 Å². The molecule has 16 heavy (non-hydrogen) atoms. The van der Waals surface area contributed by atoms with Crippen LogP contribution in [0.15, 0.2) is 18.2 Å². The molecule has 1 aromatic carbocycles. The van der Waals surface area contributed by atoms with Crippen LogP contribution in [0.3, 0.4) is 0 Å². The van der Waals surface area contributed by atoms with E-state index in [1.807, 2.05) is 0 Å². The third kappa shape index (κ3) is 3.46. The molecule has 0 aliphatic rings. The molecular formula is C13H19ClFN. The lowest BCUT2D eigenvalue weighted by molar-refractivity contribution is 0.244. The van der Waals surface area contributed by atoms with Crippen LogP contribution in [0.1, 0.15) is 26.3 Å². The number of benzene rings is 1. The highest BCUT2D eigenvalue weighted by atomic mass is 35.5. The van der Waals surface area contributed by atoms with Gasteiger partial charge in [-0.25, -0.2) is 4.39 Å². The molecule has 0 saturated heterocycles. The fourth-order valence-electron chi connectivity index (χ4n) is 1.71. The Morgan fingerprint density at radius 2 is 2.00 bits per heavy atom. The standard InChI is InChI=1S/C13H19ClFN/c1-13(2,3)10(8-16)6-9-7-11(14)4-5-12(9)15/h4-5,7,10H,6,8,16H2,1-3H3. The summed E-state index contributed by atoms with van der Waals surface area (Å²) in [6.07, 6.45) is 0.631. The van der Waals surface area contributed by atoms with Crippen molar-refractivity contribution in [3.8, 4) is 0 Å². The van der Waals surface area contributed by atoms with Gasteiger partial charge in [0, 0.05) is 5.02 Å². The van der Waals surface area contributed by atoms with Crippen molar-refractivity contribution in [1.29, 1.82) is 0 Å². The Bertz CT molecular complexity index is 357. The summed E-state index contributed by atoms with van der Waals surface area (Å²) in [6.45, 7) is 6.91. The highest BCUT2D eigenvalue weighted by Gasteiger charge is 2.24. The summed E-state index contributed by atoms with van der Waals surface area (Å²) < 4.78 is 13.6. The van der Waals surface area contributed by atoms with Crippen LogP contribution < -0.4 is 5.73 Å². The summed E-state index contributed by atoms with van der Waals surface area (Å²) in [5.74, 6) is 0.0487. The Hall–Kier alpha value is -0.600. The first-order valence-corrected chi connectivity index (χ1v) is 5.86. The van der Waals surface area contributed by atoms with Crippen LogP contribution in [-0.2, 0) is 6.42 Å². The molecule has 1 nitrogen and oxygen atoms in total. The predicted molar refractivity (Wildman–Crippen MR) is 67.1 cm³/mol. The van der Waals surface area contributed by atoms with Gasteiger partial charge in [0.25, 0.3) is 0 Å². The molecule has 1 atom stereocenters. The average molecular weight is 244 g/mol. The SMILES string of the molecule is CC(C)(C)C(CN)Cc1cc(Cl)ccc1F. The Labute approximate surface area is 102 Å². The van der Waals surface area contributed by atoms with Crippen LogP contribution in [-0.4, -0.2) is 6.54 Å². The van der Waals surface area contributed by atoms with Gasteiger partial charge in [-0.1, -0.05) is 32.4 Å². The van der Waals surface area contributed by atoms with Crippen LogP contribution in [0.25, 0.3) is 0 Å². The van der Waals surface area contributed by atoms with E-state index in [4.69, 9.17) is 17.3 Å². The minimum absolute atomic E-state index is 0.0729. The second kappa shape index (κ2) is 5.15. The third-order valence-corrected chi connectivity index (χ3v) is 3.22. The Balaban J connectivity index is 2.90. The maximum absolute atomic E-state index is 13.6. The topological polar surface area (TPSA) is 26.0 Å². The Morgan fingerprint density at radius 1 is 1.38 bits per heavy atom. The van der Waals surface area contributed by atoms with Gasteiger partial charge in [0.05, 0.1) is 0 Å². The van der Waals surface area contributed by atoms with E-state index in [-0.39, 0.29) is 17.2 Å². The quantitative estimate of drug-likeness (QED) is 0.862. The molecule has 0 bridgehead atoms. The molecule has 90 valence electrons. The summed E-state index contributed by atoms with van der Waals surface area (Å²) in [5, 5.41) is 0.570. The summed E-state index contributed by atoms with van der Waals surface area (Å²) in [7, 11) is 0. The van der Waals surface area contributed by atoms with E-state index in [0.29, 0.717) is 23.6 Å².